The normalized spacial score (nSPS) is 9.23. The molecule has 74 valence electrons. The van der Waals surface area contributed by atoms with E-state index in [1.165, 1.54) is 25.7 Å². The highest BCUT2D eigenvalue weighted by atomic mass is 16.1. The van der Waals surface area contributed by atoms with Crippen LogP contribution < -0.4 is 5.32 Å². The molecule has 0 radical (unpaired) electrons. The molecule has 1 amide bonds. The predicted molar refractivity (Wildman–Crippen MR) is 51.7 cm³/mol. The van der Waals surface area contributed by atoms with Gasteiger partial charge in [0.25, 0.3) is 0 Å². The van der Waals surface area contributed by atoms with Crippen LogP contribution >= 0.6 is 0 Å². The van der Waals surface area contributed by atoms with E-state index in [0.29, 0.717) is 6.42 Å². The van der Waals surface area contributed by atoms with E-state index in [9.17, 15) is 4.79 Å². The Bertz CT molecular complexity index is 172. The SMILES string of the molecule is CCCCCCCCC(=O)NC#N. The molecular formula is C10H18N2O. The van der Waals surface area contributed by atoms with Crippen LogP contribution in [0.5, 0.6) is 0 Å². The number of nitriles is 1. The second-order valence-corrected chi connectivity index (χ2v) is 3.18. The van der Waals surface area contributed by atoms with Gasteiger partial charge in [0, 0.05) is 6.42 Å². The fourth-order valence-electron chi connectivity index (χ4n) is 1.19. The van der Waals surface area contributed by atoms with Gasteiger partial charge in [-0.1, -0.05) is 39.0 Å². The quantitative estimate of drug-likeness (QED) is 0.373. The number of hydrogen-bond donors (Lipinski definition) is 1. The van der Waals surface area contributed by atoms with E-state index in [2.05, 4.69) is 12.2 Å². The first-order valence-corrected chi connectivity index (χ1v) is 4.99. The summed E-state index contributed by atoms with van der Waals surface area (Å²) in [5, 5.41) is 10.2. The molecule has 0 aliphatic rings. The summed E-state index contributed by atoms with van der Waals surface area (Å²) in [4.78, 5) is 10.8. The van der Waals surface area contributed by atoms with Crippen LogP contribution in [0, 0.1) is 11.5 Å². The molecule has 13 heavy (non-hydrogen) atoms. The minimum atomic E-state index is -0.155. The van der Waals surface area contributed by atoms with Gasteiger partial charge < -0.3 is 0 Å². The van der Waals surface area contributed by atoms with Crippen molar-refractivity contribution in [3.8, 4) is 6.19 Å². The molecule has 0 heterocycles. The van der Waals surface area contributed by atoms with Crippen molar-refractivity contribution in [2.75, 3.05) is 0 Å². The van der Waals surface area contributed by atoms with Gasteiger partial charge in [-0.2, -0.15) is 5.26 Å². The van der Waals surface area contributed by atoms with Crippen molar-refractivity contribution in [3.05, 3.63) is 0 Å². The molecule has 0 aromatic rings. The Morgan fingerprint density at radius 2 is 1.85 bits per heavy atom. The molecule has 0 bridgehead atoms. The second-order valence-electron chi connectivity index (χ2n) is 3.18. The molecule has 0 aliphatic heterocycles. The van der Waals surface area contributed by atoms with Gasteiger partial charge in [0.05, 0.1) is 0 Å². The molecular weight excluding hydrogens is 164 g/mol. The van der Waals surface area contributed by atoms with E-state index in [0.717, 1.165) is 12.8 Å². The summed E-state index contributed by atoms with van der Waals surface area (Å²) in [6.07, 6.45) is 9.10. The molecule has 0 spiro atoms. The summed E-state index contributed by atoms with van der Waals surface area (Å²) in [6, 6.07) is 0. The maximum Gasteiger partial charge on any atom is 0.232 e. The van der Waals surface area contributed by atoms with Gasteiger partial charge in [0.1, 0.15) is 0 Å². The minimum Gasteiger partial charge on any atom is -0.274 e. The van der Waals surface area contributed by atoms with Crippen LogP contribution in [0.2, 0.25) is 0 Å². The van der Waals surface area contributed by atoms with Crippen LogP contribution in [0.3, 0.4) is 0 Å². The zero-order chi connectivity index (χ0) is 9.94. The molecule has 0 aromatic carbocycles. The summed E-state index contributed by atoms with van der Waals surface area (Å²) >= 11 is 0. The zero-order valence-corrected chi connectivity index (χ0v) is 8.31. The molecule has 0 fully saturated rings. The monoisotopic (exact) mass is 182 g/mol. The molecule has 0 aromatic heterocycles. The summed E-state index contributed by atoms with van der Waals surface area (Å²) in [5.74, 6) is -0.155. The Kier molecular flexibility index (Phi) is 8.33. The highest BCUT2D eigenvalue weighted by molar-refractivity contribution is 5.77. The molecule has 3 heteroatoms. The van der Waals surface area contributed by atoms with Gasteiger partial charge in [-0.15, -0.1) is 0 Å². The Balaban J connectivity index is 3.08. The summed E-state index contributed by atoms with van der Waals surface area (Å²) in [6.45, 7) is 2.18. The Morgan fingerprint density at radius 3 is 2.46 bits per heavy atom. The van der Waals surface area contributed by atoms with E-state index in [-0.39, 0.29) is 5.91 Å². The number of carbonyl (C=O) groups is 1. The van der Waals surface area contributed by atoms with Crippen LogP contribution in [0.15, 0.2) is 0 Å². The van der Waals surface area contributed by atoms with Gasteiger partial charge in [-0.05, 0) is 6.42 Å². The standard InChI is InChI=1S/C10H18N2O/c1-2-3-4-5-6-7-8-10(13)12-9-11/h2-8H2,1H3,(H,12,13). The average molecular weight is 182 g/mol. The third-order valence-corrected chi connectivity index (χ3v) is 1.95. The van der Waals surface area contributed by atoms with E-state index in [1.54, 1.807) is 6.19 Å². The van der Waals surface area contributed by atoms with Crippen molar-refractivity contribution >= 4 is 5.91 Å². The highest BCUT2D eigenvalue weighted by Gasteiger charge is 1.98. The first kappa shape index (κ1) is 12.0. The van der Waals surface area contributed by atoms with Crippen molar-refractivity contribution in [2.45, 2.75) is 51.9 Å². The molecule has 0 unspecified atom stereocenters. The summed E-state index contributed by atoms with van der Waals surface area (Å²) in [7, 11) is 0. The topological polar surface area (TPSA) is 52.9 Å². The van der Waals surface area contributed by atoms with Crippen molar-refractivity contribution in [1.29, 1.82) is 5.26 Å². The number of unbranched alkanes of at least 4 members (excludes halogenated alkanes) is 5. The number of nitrogens with one attached hydrogen (secondary N) is 1. The Hall–Kier alpha value is -1.04. The number of hydrogen-bond acceptors (Lipinski definition) is 2. The average Bonchev–Trinajstić information content (AvgIpc) is 2.11. The zero-order valence-electron chi connectivity index (χ0n) is 8.31. The summed E-state index contributed by atoms with van der Waals surface area (Å²) in [5.41, 5.74) is 0. The lowest BCUT2D eigenvalue weighted by molar-refractivity contribution is -0.120. The fraction of sp³-hybridized carbons (Fsp3) is 0.800. The number of rotatable bonds is 7. The van der Waals surface area contributed by atoms with Gasteiger partial charge in [-0.25, -0.2) is 0 Å². The van der Waals surface area contributed by atoms with E-state index < -0.39 is 0 Å². The molecule has 0 aliphatic carbocycles. The third-order valence-electron chi connectivity index (χ3n) is 1.95. The molecule has 3 nitrogen and oxygen atoms in total. The van der Waals surface area contributed by atoms with Crippen molar-refractivity contribution < 1.29 is 4.79 Å². The highest BCUT2D eigenvalue weighted by Crippen LogP contribution is 2.06. The number of nitrogens with zero attached hydrogens (tertiary/aromatic N) is 1. The van der Waals surface area contributed by atoms with Crippen LogP contribution in [0.25, 0.3) is 0 Å². The second kappa shape index (κ2) is 9.05. The van der Waals surface area contributed by atoms with Gasteiger partial charge in [0.15, 0.2) is 6.19 Å². The van der Waals surface area contributed by atoms with E-state index >= 15 is 0 Å². The van der Waals surface area contributed by atoms with Crippen LogP contribution in [-0.4, -0.2) is 5.91 Å². The van der Waals surface area contributed by atoms with E-state index in [4.69, 9.17) is 5.26 Å². The fourth-order valence-corrected chi connectivity index (χ4v) is 1.19. The smallest absolute Gasteiger partial charge is 0.232 e. The lowest BCUT2D eigenvalue weighted by Crippen LogP contribution is -2.16. The molecule has 0 rings (SSSR count). The maximum absolute atomic E-state index is 10.8. The first-order valence-electron chi connectivity index (χ1n) is 4.99. The lowest BCUT2D eigenvalue weighted by atomic mass is 10.1. The minimum absolute atomic E-state index is 0.155. The van der Waals surface area contributed by atoms with Gasteiger partial charge >= 0.3 is 0 Å². The van der Waals surface area contributed by atoms with Crippen molar-refractivity contribution in [2.24, 2.45) is 0 Å². The van der Waals surface area contributed by atoms with Gasteiger partial charge in [0.2, 0.25) is 5.91 Å². The Labute approximate surface area is 80.1 Å². The van der Waals surface area contributed by atoms with Crippen molar-refractivity contribution in [1.82, 2.24) is 5.32 Å². The third kappa shape index (κ3) is 8.87. The first-order chi connectivity index (χ1) is 6.31. The van der Waals surface area contributed by atoms with Gasteiger partial charge in [-0.3, -0.25) is 10.1 Å². The number of amides is 1. The molecule has 0 saturated carbocycles. The van der Waals surface area contributed by atoms with Crippen molar-refractivity contribution in [3.63, 3.8) is 0 Å². The predicted octanol–water partition coefficient (Wildman–Crippen LogP) is 2.33. The van der Waals surface area contributed by atoms with Crippen LogP contribution in [0.4, 0.5) is 0 Å². The Morgan fingerprint density at radius 1 is 1.23 bits per heavy atom. The number of carbonyl (C=O) groups excluding carboxylic acids is 1. The molecule has 1 N–H and O–H groups in total. The van der Waals surface area contributed by atoms with Crippen LogP contribution in [0.1, 0.15) is 51.9 Å². The molecule has 0 saturated heterocycles. The van der Waals surface area contributed by atoms with E-state index in [1.807, 2.05) is 0 Å². The lowest BCUT2D eigenvalue weighted by Gasteiger charge is -1.98. The maximum atomic E-state index is 10.8. The molecule has 0 atom stereocenters. The summed E-state index contributed by atoms with van der Waals surface area (Å²) < 4.78 is 0. The van der Waals surface area contributed by atoms with Crippen LogP contribution in [-0.2, 0) is 4.79 Å². The largest absolute Gasteiger partial charge is 0.274 e.